The van der Waals surface area contributed by atoms with E-state index in [1.807, 2.05) is 12.3 Å². The lowest BCUT2D eigenvalue weighted by molar-refractivity contribution is 0.343. The second-order valence-electron chi connectivity index (χ2n) is 6.12. The highest BCUT2D eigenvalue weighted by atomic mass is 15.3. The van der Waals surface area contributed by atoms with E-state index in [0.717, 1.165) is 31.1 Å². The van der Waals surface area contributed by atoms with E-state index in [4.69, 9.17) is 0 Å². The first kappa shape index (κ1) is 13.7. The molecular formula is C16H26N4. The Morgan fingerprint density at radius 3 is 2.85 bits per heavy atom. The molecule has 2 aliphatic rings. The Bertz CT molecular complexity index is 441. The molecule has 0 aromatic carbocycles. The van der Waals surface area contributed by atoms with E-state index in [0.29, 0.717) is 6.04 Å². The molecule has 2 aliphatic heterocycles. The number of imidazole rings is 1. The Balaban J connectivity index is 1.81. The molecule has 4 nitrogen and oxygen atoms in total. The minimum atomic E-state index is 0.639. The Hall–Kier alpha value is -1.29. The number of allylic oxidation sites excluding steroid dienone is 1. The summed E-state index contributed by atoms with van der Waals surface area (Å²) in [6.45, 7) is 8.04. The summed E-state index contributed by atoms with van der Waals surface area (Å²) in [5.41, 5.74) is 0. The second-order valence-corrected chi connectivity index (χ2v) is 6.12. The number of aromatic nitrogens is 2. The summed E-state index contributed by atoms with van der Waals surface area (Å²) in [5, 5.41) is 3.73. The number of hydrogen-bond donors (Lipinski definition) is 1. The lowest BCUT2D eigenvalue weighted by Crippen LogP contribution is -2.49. The van der Waals surface area contributed by atoms with Crippen LogP contribution >= 0.6 is 0 Å². The van der Waals surface area contributed by atoms with Gasteiger partial charge in [0.15, 0.2) is 0 Å². The van der Waals surface area contributed by atoms with E-state index in [2.05, 4.69) is 39.5 Å². The van der Waals surface area contributed by atoms with Crippen LogP contribution in [0.2, 0.25) is 0 Å². The topological polar surface area (TPSA) is 33.1 Å². The van der Waals surface area contributed by atoms with E-state index < -0.39 is 0 Å². The standard InChI is InChI=1S/C16H26N4/c1-3-8-19-10-7-17-16(19)20(9-4-2)15-11-13-5-6-14(12-15)18-13/h3,7,10,13-15,18H,1,4-6,8-9,11-12H2,2H3. The number of nitrogens with one attached hydrogen (secondary N) is 1. The van der Waals surface area contributed by atoms with Crippen LogP contribution in [0.5, 0.6) is 0 Å². The zero-order valence-corrected chi connectivity index (χ0v) is 12.5. The van der Waals surface area contributed by atoms with Gasteiger partial charge in [-0.2, -0.15) is 0 Å². The molecule has 0 aliphatic carbocycles. The Labute approximate surface area is 121 Å². The minimum absolute atomic E-state index is 0.639. The van der Waals surface area contributed by atoms with Gasteiger partial charge in [0.25, 0.3) is 0 Å². The van der Waals surface area contributed by atoms with Crippen molar-refractivity contribution in [3.8, 4) is 0 Å². The summed E-state index contributed by atoms with van der Waals surface area (Å²) in [7, 11) is 0. The molecule has 2 atom stereocenters. The third-order valence-corrected chi connectivity index (χ3v) is 4.63. The Kier molecular flexibility index (Phi) is 4.10. The fraction of sp³-hybridized carbons (Fsp3) is 0.688. The normalized spacial score (nSPS) is 28.6. The molecule has 2 saturated heterocycles. The molecule has 110 valence electrons. The summed E-state index contributed by atoms with van der Waals surface area (Å²) < 4.78 is 2.21. The van der Waals surface area contributed by atoms with E-state index in [-0.39, 0.29) is 0 Å². The maximum absolute atomic E-state index is 4.62. The molecule has 1 aromatic rings. The van der Waals surface area contributed by atoms with Crippen molar-refractivity contribution in [2.24, 2.45) is 0 Å². The number of anilines is 1. The predicted octanol–water partition coefficient (Wildman–Crippen LogP) is 2.57. The third kappa shape index (κ3) is 2.62. The van der Waals surface area contributed by atoms with Crippen molar-refractivity contribution in [3.63, 3.8) is 0 Å². The number of fused-ring (bicyclic) bond motifs is 2. The van der Waals surface area contributed by atoms with Crippen LogP contribution in [0.4, 0.5) is 5.95 Å². The van der Waals surface area contributed by atoms with Crippen molar-refractivity contribution in [1.29, 1.82) is 0 Å². The molecule has 2 unspecified atom stereocenters. The van der Waals surface area contributed by atoms with Gasteiger partial charge in [-0.05, 0) is 32.1 Å². The summed E-state index contributed by atoms with van der Waals surface area (Å²) in [4.78, 5) is 7.16. The van der Waals surface area contributed by atoms with Crippen molar-refractivity contribution in [2.75, 3.05) is 11.4 Å². The van der Waals surface area contributed by atoms with Crippen LogP contribution < -0.4 is 10.2 Å². The summed E-state index contributed by atoms with van der Waals surface area (Å²) in [6.07, 6.45) is 12.3. The Morgan fingerprint density at radius 1 is 1.45 bits per heavy atom. The van der Waals surface area contributed by atoms with Crippen LogP contribution in [0.3, 0.4) is 0 Å². The smallest absolute Gasteiger partial charge is 0.205 e. The van der Waals surface area contributed by atoms with Gasteiger partial charge in [0.1, 0.15) is 0 Å². The first-order valence-electron chi connectivity index (χ1n) is 7.96. The van der Waals surface area contributed by atoms with Crippen molar-refractivity contribution in [2.45, 2.75) is 63.7 Å². The summed E-state index contributed by atoms with van der Waals surface area (Å²) in [6, 6.07) is 2.08. The summed E-state index contributed by atoms with van der Waals surface area (Å²) in [5.74, 6) is 1.12. The molecule has 0 radical (unpaired) electrons. The molecule has 1 N–H and O–H groups in total. The average molecular weight is 274 g/mol. The van der Waals surface area contributed by atoms with E-state index >= 15 is 0 Å². The minimum Gasteiger partial charge on any atom is -0.339 e. The highest BCUT2D eigenvalue weighted by Gasteiger charge is 2.36. The molecule has 0 saturated carbocycles. The second kappa shape index (κ2) is 6.00. The number of nitrogens with zero attached hydrogens (tertiary/aromatic N) is 3. The molecule has 2 fully saturated rings. The molecule has 3 heterocycles. The van der Waals surface area contributed by atoms with Gasteiger partial charge < -0.3 is 14.8 Å². The van der Waals surface area contributed by atoms with Gasteiger partial charge in [-0.3, -0.25) is 0 Å². The van der Waals surface area contributed by atoms with Crippen LogP contribution in [0, 0.1) is 0 Å². The van der Waals surface area contributed by atoms with Gasteiger partial charge in [0.05, 0.1) is 0 Å². The van der Waals surface area contributed by atoms with Gasteiger partial charge in [0, 0.05) is 43.6 Å². The highest BCUT2D eigenvalue weighted by Crippen LogP contribution is 2.31. The van der Waals surface area contributed by atoms with Crippen LogP contribution in [-0.4, -0.2) is 34.2 Å². The van der Waals surface area contributed by atoms with Gasteiger partial charge >= 0.3 is 0 Å². The maximum atomic E-state index is 4.62. The molecule has 0 spiro atoms. The van der Waals surface area contributed by atoms with E-state index in [9.17, 15) is 0 Å². The molecule has 4 heteroatoms. The molecule has 2 bridgehead atoms. The van der Waals surface area contributed by atoms with Crippen LogP contribution in [0.25, 0.3) is 0 Å². The predicted molar refractivity (Wildman–Crippen MR) is 83.0 cm³/mol. The molecule has 1 aromatic heterocycles. The molecule has 3 rings (SSSR count). The molecule has 0 amide bonds. The van der Waals surface area contributed by atoms with Crippen molar-refractivity contribution in [1.82, 2.24) is 14.9 Å². The summed E-state index contributed by atoms with van der Waals surface area (Å²) >= 11 is 0. The zero-order valence-electron chi connectivity index (χ0n) is 12.5. The van der Waals surface area contributed by atoms with E-state index in [1.165, 1.54) is 32.1 Å². The Morgan fingerprint density at radius 2 is 2.20 bits per heavy atom. The van der Waals surface area contributed by atoms with Crippen LogP contribution in [0.1, 0.15) is 39.0 Å². The SMILES string of the molecule is C=CCn1ccnc1N(CCC)C1CC2CCC(C1)N2. The van der Waals surface area contributed by atoms with Gasteiger partial charge in [-0.15, -0.1) is 6.58 Å². The monoisotopic (exact) mass is 274 g/mol. The maximum Gasteiger partial charge on any atom is 0.205 e. The zero-order chi connectivity index (χ0) is 13.9. The lowest BCUT2D eigenvalue weighted by atomic mass is 9.98. The van der Waals surface area contributed by atoms with Crippen molar-refractivity contribution in [3.05, 3.63) is 25.0 Å². The number of piperidine rings is 1. The fourth-order valence-electron chi connectivity index (χ4n) is 3.81. The van der Waals surface area contributed by atoms with Gasteiger partial charge in [-0.25, -0.2) is 4.98 Å². The molecular weight excluding hydrogens is 248 g/mol. The number of rotatable bonds is 6. The molecule has 20 heavy (non-hydrogen) atoms. The lowest BCUT2D eigenvalue weighted by Gasteiger charge is -2.38. The van der Waals surface area contributed by atoms with E-state index in [1.54, 1.807) is 0 Å². The van der Waals surface area contributed by atoms with Gasteiger partial charge in [0.2, 0.25) is 5.95 Å². The largest absolute Gasteiger partial charge is 0.339 e. The number of hydrogen-bond acceptors (Lipinski definition) is 3. The third-order valence-electron chi connectivity index (χ3n) is 4.63. The average Bonchev–Trinajstić information content (AvgIpc) is 3.03. The van der Waals surface area contributed by atoms with Crippen molar-refractivity contribution < 1.29 is 0 Å². The first-order valence-corrected chi connectivity index (χ1v) is 7.96. The van der Waals surface area contributed by atoms with Crippen LogP contribution in [0.15, 0.2) is 25.0 Å². The van der Waals surface area contributed by atoms with Crippen molar-refractivity contribution >= 4 is 5.95 Å². The van der Waals surface area contributed by atoms with Crippen LogP contribution in [-0.2, 0) is 6.54 Å². The first-order chi connectivity index (χ1) is 9.81. The fourth-order valence-corrected chi connectivity index (χ4v) is 3.81. The highest BCUT2D eigenvalue weighted by molar-refractivity contribution is 5.34. The quantitative estimate of drug-likeness (QED) is 0.809. The van der Waals surface area contributed by atoms with Gasteiger partial charge in [-0.1, -0.05) is 13.0 Å².